The molecule has 3 aromatic rings. The number of nitrogens with one attached hydrogen (secondary N) is 1. The summed E-state index contributed by atoms with van der Waals surface area (Å²) >= 11 is 7.28. The second-order valence-corrected chi connectivity index (χ2v) is 10.4. The van der Waals surface area contributed by atoms with Crippen LogP contribution in [0.1, 0.15) is 32.1 Å². The van der Waals surface area contributed by atoms with Gasteiger partial charge in [0.1, 0.15) is 0 Å². The van der Waals surface area contributed by atoms with Crippen LogP contribution in [0, 0.1) is 0 Å². The van der Waals surface area contributed by atoms with Crippen molar-refractivity contribution in [3.05, 3.63) is 53.6 Å². The molecule has 2 aliphatic rings. The van der Waals surface area contributed by atoms with Crippen molar-refractivity contribution in [3.8, 4) is 5.69 Å². The van der Waals surface area contributed by atoms with Crippen molar-refractivity contribution >= 4 is 40.6 Å². The number of carbonyl (C=O) groups excluding carboxylic acids is 1. The van der Waals surface area contributed by atoms with E-state index in [1.165, 1.54) is 43.9 Å². The van der Waals surface area contributed by atoms with Crippen LogP contribution in [0.3, 0.4) is 0 Å². The van der Waals surface area contributed by atoms with E-state index >= 15 is 0 Å². The van der Waals surface area contributed by atoms with E-state index < -0.39 is 0 Å². The zero-order chi connectivity index (χ0) is 24.0. The molecule has 1 amide bonds. The number of hydrogen-bond donors (Lipinski definition) is 1. The first-order chi connectivity index (χ1) is 17.2. The molecule has 1 aliphatic carbocycles. The number of anilines is 2. The maximum atomic E-state index is 12.8. The van der Waals surface area contributed by atoms with Gasteiger partial charge in [-0.2, -0.15) is 4.68 Å². The Hall–Kier alpha value is -2.62. The summed E-state index contributed by atoms with van der Waals surface area (Å²) in [5.41, 5.74) is 2.72. The summed E-state index contributed by atoms with van der Waals surface area (Å²) in [6.45, 7) is 4.12. The summed E-state index contributed by atoms with van der Waals surface area (Å²) < 4.78 is 1.61. The minimum absolute atomic E-state index is 0.0889. The molecule has 0 atom stereocenters. The van der Waals surface area contributed by atoms with Crippen LogP contribution in [0.5, 0.6) is 0 Å². The lowest BCUT2D eigenvalue weighted by Gasteiger charge is -2.42. The molecule has 184 valence electrons. The zero-order valence-corrected chi connectivity index (χ0v) is 21.2. The second-order valence-electron chi connectivity index (χ2n) is 9.02. The maximum Gasteiger partial charge on any atom is 0.234 e. The molecule has 1 aromatic heterocycles. The fourth-order valence-corrected chi connectivity index (χ4v) is 5.78. The third-order valence-electron chi connectivity index (χ3n) is 6.77. The third kappa shape index (κ3) is 5.97. The summed E-state index contributed by atoms with van der Waals surface area (Å²) in [6.07, 6.45) is 6.79. The quantitative estimate of drug-likeness (QED) is 0.468. The Labute approximate surface area is 215 Å². The Morgan fingerprint density at radius 1 is 1.00 bits per heavy atom. The van der Waals surface area contributed by atoms with Crippen molar-refractivity contribution in [2.45, 2.75) is 43.3 Å². The van der Waals surface area contributed by atoms with Crippen molar-refractivity contribution < 1.29 is 4.79 Å². The van der Waals surface area contributed by atoms with Crippen molar-refractivity contribution in [2.75, 3.05) is 42.1 Å². The topological polar surface area (TPSA) is 79.2 Å². The van der Waals surface area contributed by atoms with Gasteiger partial charge in [0.05, 0.1) is 22.8 Å². The molecule has 10 heteroatoms. The molecule has 0 unspecified atom stereocenters. The normalized spacial score (nSPS) is 17.5. The van der Waals surface area contributed by atoms with Gasteiger partial charge in [0.2, 0.25) is 11.1 Å². The van der Waals surface area contributed by atoms with Crippen LogP contribution in [-0.2, 0) is 4.79 Å². The lowest BCUT2D eigenvalue weighted by Crippen LogP contribution is -2.51. The first-order valence-electron chi connectivity index (χ1n) is 12.2. The Morgan fingerprint density at radius 3 is 2.51 bits per heavy atom. The lowest BCUT2D eigenvalue weighted by molar-refractivity contribution is -0.113. The van der Waals surface area contributed by atoms with E-state index in [2.05, 4.69) is 36.7 Å². The second kappa shape index (κ2) is 11.4. The number of para-hydroxylation sites is 2. The number of nitrogens with zero attached hydrogens (tertiary/aromatic N) is 6. The molecule has 0 bridgehead atoms. The van der Waals surface area contributed by atoms with Crippen molar-refractivity contribution in [1.82, 2.24) is 25.1 Å². The van der Waals surface area contributed by atoms with Crippen LogP contribution in [-0.4, -0.2) is 69.0 Å². The summed E-state index contributed by atoms with van der Waals surface area (Å²) in [7, 11) is 0. The molecular weight excluding hydrogens is 482 g/mol. The maximum absolute atomic E-state index is 12.8. The number of rotatable bonds is 7. The van der Waals surface area contributed by atoms with E-state index in [4.69, 9.17) is 11.6 Å². The Bertz CT molecular complexity index is 1120. The molecule has 0 radical (unpaired) electrons. The molecule has 1 saturated heterocycles. The molecule has 35 heavy (non-hydrogen) atoms. The highest BCUT2D eigenvalue weighted by molar-refractivity contribution is 7.99. The van der Waals surface area contributed by atoms with Gasteiger partial charge in [0.15, 0.2) is 0 Å². The van der Waals surface area contributed by atoms with Gasteiger partial charge in [-0.1, -0.05) is 54.8 Å². The Morgan fingerprint density at radius 2 is 1.74 bits per heavy atom. The number of carbonyl (C=O) groups is 1. The van der Waals surface area contributed by atoms with Crippen LogP contribution in [0.25, 0.3) is 5.69 Å². The highest BCUT2D eigenvalue weighted by atomic mass is 35.5. The van der Waals surface area contributed by atoms with Gasteiger partial charge >= 0.3 is 0 Å². The van der Waals surface area contributed by atoms with E-state index in [-0.39, 0.29) is 11.7 Å². The molecule has 2 heterocycles. The largest absolute Gasteiger partial charge is 0.367 e. The van der Waals surface area contributed by atoms with Gasteiger partial charge in [-0.3, -0.25) is 9.69 Å². The van der Waals surface area contributed by atoms with Crippen LogP contribution in [0.15, 0.2) is 53.7 Å². The smallest absolute Gasteiger partial charge is 0.234 e. The number of hydrogen-bond acceptors (Lipinski definition) is 7. The first kappa shape index (κ1) is 24.1. The number of halogens is 1. The molecule has 2 aromatic carbocycles. The molecule has 2 fully saturated rings. The molecule has 8 nitrogen and oxygen atoms in total. The van der Waals surface area contributed by atoms with Crippen LogP contribution < -0.4 is 10.2 Å². The van der Waals surface area contributed by atoms with Crippen LogP contribution in [0.4, 0.5) is 11.4 Å². The zero-order valence-electron chi connectivity index (χ0n) is 19.6. The van der Waals surface area contributed by atoms with Gasteiger partial charge in [-0.25, -0.2) is 0 Å². The number of aromatic nitrogens is 4. The summed E-state index contributed by atoms with van der Waals surface area (Å²) in [4.78, 5) is 17.9. The Balaban J connectivity index is 1.18. The van der Waals surface area contributed by atoms with Gasteiger partial charge in [0, 0.05) is 37.2 Å². The van der Waals surface area contributed by atoms with Crippen LogP contribution >= 0.6 is 23.4 Å². The Kier molecular flexibility index (Phi) is 7.85. The van der Waals surface area contributed by atoms with Crippen molar-refractivity contribution in [3.63, 3.8) is 0 Å². The van der Waals surface area contributed by atoms with E-state index in [1.54, 1.807) is 16.8 Å². The fraction of sp³-hybridized carbons (Fsp3) is 0.440. The average molecular weight is 512 g/mol. The highest BCUT2D eigenvalue weighted by Gasteiger charge is 2.26. The number of benzene rings is 2. The third-order valence-corrected chi connectivity index (χ3v) is 7.94. The molecule has 0 spiro atoms. The predicted octanol–water partition coefficient (Wildman–Crippen LogP) is 4.50. The molecule has 5 rings (SSSR count). The van der Waals surface area contributed by atoms with E-state index in [1.807, 2.05) is 30.3 Å². The standard InChI is InChI=1S/C25H30ClN7OS/c26-19-10-12-21(13-11-19)33-25(28-29-30-33)35-18-24(34)27-22-8-4-5-9-23(22)32-16-14-31(15-17-32)20-6-2-1-3-7-20/h4-5,8-13,20H,1-3,6-7,14-18H2,(H,27,34). The summed E-state index contributed by atoms with van der Waals surface area (Å²) in [5, 5.41) is 16.2. The van der Waals surface area contributed by atoms with Crippen molar-refractivity contribution in [1.29, 1.82) is 0 Å². The molecule has 1 aliphatic heterocycles. The molecular formula is C25H30ClN7OS. The average Bonchev–Trinajstić information content (AvgIpc) is 3.38. The van der Waals surface area contributed by atoms with E-state index in [0.29, 0.717) is 10.2 Å². The van der Waals surface area contributed by atoms with Crippen molar-refractivity contribution in [2.24, 2.45) is 0 Å². The first-order valence-corrected chi connectivity index (χ1v) is 13.6. The van der Waals surface area contributed by atoms with Crippen LogP contribution in [0.2, 0.25) is 5.02 Å². The minimum atomic E-state index is -0.0889. The van der Waals surface area contributed by atoms with Gasteiger partial charge < -0.3 is 10.2 Å². The fourth-order valence-electron chi connectivity index (χ4n) is 4.96. The highest BCUT2D eigenvalue weighted by Crippen LogP contribution is 2.29. The number of piperazine rings is 1. The SMILES string of the molecule is O=C(CSc1nnnn1-c1ccc(Cl)cc1)Nc1ccccc1N1CCN(C2CCCCC2)CC1. The number of thioether (sulfide) groups is 1. The van der Waals surface area contributed by atoms with Gasteiger partial charge in [-0.05, 0) is 59.7 Å². The lowest BCUT2D eigenvalue weighted by atomic mass is 9.94. The molecule has 1 saturated carbocycles. The summed E-state index contributed by atoms with van der Waals surface area (Å²) in [5.74, 6) is 0.117. The van der Waals surface area contributed by atoms with Gasteiger partial charge in [-0.15, -0.1) is 5.10 Å². The van der Waals surface area contributed by atoms with E-state index in [9.17, 15) is 4.79 Å². The number of tetrazole rings is 1. The van der Waals surface area contributed by atoms with Gasteiger partial charge in [0.25, 0.3) is 0 Å². The molecule has 1 N–H and O–H groups in total. The monoisotopic (exact) mass is 511 g/mol. The predicted molar refractivity (Wildman–Crippen MR) is 141 cm³/mol. The number of amides is 1. The summed E-state index contributed by atoms with van der Waals surface area (Å²) in [6, 6.07) is 16.1. The minimum Gasteiger partial charge on any atom is -0.367 e. The van der Waals surface area contributed by atoms with E-state index in [0.717, 1.165) is 49.3 Å².